The van der Waals surface area contributed by atoms with Gasteiger partial charge in [0.2, 0.25) is 5.91 Å². The van der Waals surface area contributed by atoms with Crippen molar-refractivity contribution in [2.75, 3.05) is 0 Å². The van der Waals surface area contributed by atoms with E-state index in [-0.39, 0.29) is 12.1 Å². The summed E-state index contributed by atoms with van der Waals surface area (Å²) in [5.41, 5.74) is 7.16. The summed E-state index contributed by atoms with van der Waals surface area (Å²) >= 11 is 0. The molecule has 2 heterocycles. The molecule has 0 aliphatic heterocycles. The number of primary amides is 1. The number of carbonyl (C=O) groups excluding carboxylic acids is 2. The first-order chi connectivity index (χ1) is 11.6. The molecule has 0 bridgehead atoms. The second kappa shape index (κ2) is 6.87. The molecule has 1 atom stereocenters. The summed E-state index contributed by atoms with van der Waals surface area (Å²) in [6.45, 7) is 0. The maximum absolute atomic E-state index is 12.2. The van der Waals surface area contributed by atoms with Crippen LogP contribution in [-0.2, 0) is 11.2 Å². The number of carbonyl (C=O) groups is 2. The fraction of sp³-hybridized carbons (Fsp3) is 0.111. The first-order valence-corrected chi connectivity index (χ1v) is 7.49. The molecular formula is C18H16N4O2. The van der Waals surface area contributed by atoms with Crippen molar-refractivity contribution in [1.82, 2.24) is 15.3 Å². The van der Waals surface area contributed by atoms with Crippen LogP contribution < -0.4 is 11.1 Å². The van der Waals surface area contributed by atoms with Crippen molar-refractivity contribution in [3.05, 3.63) is 72.2 Å². The number of nitrogens with one attached hydrogen (secondary N) is 1. The summed E-state index contributed by atoms with van der Waals surface area (Å²) in [7, 11) is 0. The molecule has 6 heteroatoms. The molecule has 3 rings (SSSR count). The fourth-order valence-corrected chi connectivity index (χ4v) is 2.38. The summed E-state index contributed by atoms with van der Waals surface area (Å²) in [5, 5.41) is 3.62. The monoisotopic (exact) mass is 320 g/mol. The molecule has 120 valence electrons. The summed E-state index contributed by atoms with van der Waals surface area (Å²) in [6.07, 6.45) is 1.73. The Labute approximate surface area is 138 Å². The van der Waals surface area contributed by atoms with Gasteiger partial charge in [-0.1, -0.05) is 30.3 Å². The number of fused-ring (bicyclic) bond motifs is 1. The zero-order valence-corrected chi connectivity index (χ0v) is 12.8. The molecule has 2 amide bonds. The summed E-state index contributed by atoms with van der Waals surface area (Å²) < 4.78 is 0. The highest BCUT2D eigenvalue weighted by molar-refractivity contribution is 5.95. The van der Waals surface area contributed by atoms with E-state index in [0.29, 0.717) is 5.69 Å². The molecule has 24 heavy (non-hydrogen) atoms. The van der Waals surface area contributed by atoms with E-state index >= 15 is 0 Å². The quantitative estimate of drug-likeness (QED) is 0.743. The molecule has 0 spiro atoms. The molecule has 0 unspecified atom stereocenters. The maximum atomic E-state index is 12.2. The van der Waals surface area contributed by atoms with E-state index < -0.39 is 17.9 Å². The van der Waals surface area contributed by atoms with Crippen molar-refractivity contribution < 1.29 is 9.59 Å². The molecule has 0 fully saturated rings. The minimum absolute atomic E-state index is 0.221. The fourth-order valence-electron chi connectivity index (χ4n) is 2.38. The van der Waals surface area contributed by atoms with Crippen LogP contribution in [0.25, 0.3) is 10.9 Å². The Kier molecular flexibility index (Phi) is 4.47. The van der Waals surface area contributed by atoms with Crippen LogP contribution in [0.5, 0.6) is 0 Å². The van der Waals surface area contributed by atoms with Gasteiger partial charge in [-0.3, -0.25) is 19.6 Å². The average molecular weight is 320 g/mol. The standard InChI is InChI=1S/C18H16N4O2/c19-17(23)16(22-18(24)15-7-3-4-10-20-15)11-13-9-8-12-5-1-2-6-14(12)21-13/h1-10,16H,11H2,(H2,19,23)(H,22,24)/t16-/m0/s1. The zero-order valence-electron chi connectivity index (χ0n) is 12.8. The number of para-hydroxylation sites is 1. The normalized spacial score (nSPS) is 11.8. The van der Waals surface area contributed by atoms with Gasteiger partial charge in [0.15, 0.2) is 0 Å². The molecule has 0 aliphatic rings. The molecule has 3 N–H and O–H groups in total. The third kappa shape index (κ3) is 3.55. The Morgan fingerprint density at radius 3 is 2.58 bits per heavy atom. The van der Waals surface area contributed by atoms with E-state index in [4.69, 9.17) is 5.73 Å². The van der Waals surface area contributed by atoms with Gasteiger partial charge in [-0.2, -0.15) is 0 Å². The SMILES string of the molecule is NC(=O)[C@H](Cc1ccc2ccccc2n1)NC(=O)c1ccccn1. The van der Waals surface area contributed by atoms with Crippen LogP contribution in [0.15, 0.2) is 60.8 Å². The van der Waals surface area contributed by atoms with Gasteiger partial charge >= 0.3 is 0 Å². The van der Waals surface area contributed by atoms with Crippen LogP contribution >= 0.6 is 0 Å². The van der Waals surface area contributed by atoms with Crippen molar-refractivity contribution in [3.63, 3.8) is 0 Å². The summed E-state index contributed by atoms with van der Waals surface area (Å²) in [6, 6.07) is 15.6. The molecule has 0 aliphatic carbocycles. The molecule has 1 aromatic carbocycles. The van der Waals surface area contributed by atoms with Gasteiger partial charge in [0.1, 0.15) is 11.7 Å². The number of nitrogens with zero attached hydrogens (tertiary/aromatic N) is 2. The molecular weight excluding hydrogens is 304 g/mol. The minimum Gasteiger partial charge on any atom is -0.368 e. The first-order valence-electron chi connectivity index (χ1n) is 7.49. The van der Waals surface area contributed by atoms with E-state index in [0.717, 1.165) is 10.9 Å². The highest BCUT2D eigenvalue weighted by Gasteiger charge is 2.20. The van der Waals surface area contributed by atoms with E-state index in [1.54, 1.807) is 18.2 Å². The lowest BCUT2D eigenvalue weighted by Gasteiger charge is -2.15. The molecule has 2 aromatic heterocycles. The Hall–Kier alpha value is -3.28. The number of pyridine rings is 2. The Balaban J connectivity index is 1.78. The highest BCUT2D eigenvalue weighted by Crippen LogP contribution is 2.13. The van der Waals surface area contributed by atoms with Gasteiger partial charge in [-0.15, -0.1) is 0 Å². The van der Waals surface area contributed by atoms with E-state index in [9.17, 15) is 9.59 Å². The molecule has 0 saturated heterocycles. The molecule has 0 saturated carbocycles. The van der Waals surface area contributed by atoms with Crippen LogP contribution in [-0.4, -0.2) is 27.8 Å². The Morgan fingerprint density at radius 2 is 1.83 bits per heavy atom. The minimum atomic E-state index is -0.854. The molecule has 3 aromatic rings. The van der Waals surface area contributed by atoms with Crippen LogP contribution in [0, 0.1) is 0 Å². The van der Waals surface area contributed by atoms with Crippen molar-refractivity contribution in [2.45, 2.75) is 12.5 Å². The van der Waals surface area contributed by atoms with Gasteiger partial charge in [-0.05, 0) is 24.3 Å². The van der Waals surface area contributed by atoms with Crippen LogP contribution in [0.4, 0.5) is 0 Å². The Morgan fingerprint density at radius 1 is 1.04 bits per heavy atom. The number of rotatable bonds is 5. The second-order valence-electron chi connectivity index (χ2n) is 5.34. The molecule has 6 nitrogen and oxygen atoms in total. The maximum Gasteiger partial charge on any atom is 0.270 e. The van der Waals surface area contributed by atoms with Gasteiger partial charge in [0, 0.05) is 23.7 Å². The van der Waals surface area contributed by atoms with E-state index in [1.807, 2.05) is 36.4 Å². The largest absolute Gasteiger partial charge is 0.368 e. The van der Waals surface area contributed by atoms with Crippen molar-refractivity contribution in [1.29, 1.82) is 0 Å². The van der Waals surface area contributed by atoms with Crippen molar-refractivity contribution in [3.8, 4) is 0 Å². The topological polar surface area (TPSA) is 98.0 Å². The third-order valence-electron chi connectivity index (χ3n) is 3.62. The van der Waals surface area contributed by atoms with Gasteiger partial charge in [-0.25, -0.2) is 0 Å². The van der Waals surface area contributed by atoms with Crippen molar-refractivity contribution in [2.24, 2.45) is 5.73 Å². The predicted octanol–water partition coefficient (Wildman–Crippen LogP) is 1.46. The number of nitrogens with two attached hydrogens (primary N) is 1. The number of benzene rings is 1. The van der Waals surface area contributed by atoms with E-state index in [2.05, 4.69) is 15.3 Å². The summed E-state index contributed by atoms with van der Waals surface area (Å²) in [5.74, 6) is -1.06. The van der Waals surface area contributed by atoms with Crippen LogP contribution in [0.1, 0.15) is 16.2 Å². The smallest absolute Gasteiger partial charge is 0.270 e. The first kappa shape index (κ1) is 15.6. The second-order valence-corrected chi connectivity index (χ2v) is 5.34. The number of amides is 2. The highest BCUT2D eigenvalue weighted by atomic mass is 16.2. The Bertz CT molecular complexity index is 880. The van der Waals surface area contributed by atoms with Crippen molar-refractivity contribution >= 4 is 22.7 Å². The lowest BCUT2D eigenvalue weighted by molar-refractivity contribution is -0.119. The average Bonchev–Trinajstić information content (AvgIpc) is 2.61. The van der Waals surface area contributed by atoms with Gasteiger partial charge in [0.25, 0.3) is 5.91 Å². The zero-order chi connectivity index (χ0) is 16.9. The van der Waals surface area contributed by atoms with Gasteiger partial charge < -0.3 is 11.1 Å². The van der Waals surface area contributed by atoms with E-state index in [1.165, 1.54) is 6.20 Å². The lowest BCUT2D eigenvalue weighted by Crippen LogP contribution is -2.46. The lowest BCUT2D eigenvalue weighted by atomic mass is 10.1. The predicted molar refractivity (Wildman–Crippen MR) is 90.1 cm³/mol. The third-order valence-corrected chi connectivity index (χ3v) is 3.62. The molecule has 0 radical (unpaired) electrons. The van der Waals surface area contributed by atoms with Crippen LogP contribution in [0.3, 0.4) is 0 Å². The number of hydrogen-bond acceptors (Lipinski definition) is 4. The number of hydrogen-bond donors (Lipinski definition) is 2. The van der Waals surface area contributed by atoms with Gasteiger partial charge in [0.05, 0.1) is 5.52 Å². The number of aromatic nitrogens is 2. The van der Waals surface area contributed by atoms with Crippen LogP contribution in [0.2, 0.25) is 0 Å². The summed E-state index contributed by atoms with van der Waals surface area (Å²) in [4.78, 5) is 32.3.